The molecular weight excluding hydrogens is 327 g/mol. The van der Waals surface area contributed by atoms with Crippen molar-refractivity contribution in [2.45, 2.75) is 69.2 Å². The Labute approximate surface area is 147 Å². The van der Waals surface area contributed by atoms with Crippen LogP contribution in [0, 0.1) is 0 Å². The standard InChI is InChI=1S/C19H28F3N3/c1-18(24-17-6-3-2-5-16(17)23)11-4-12-25(13-18)15-9-7-14(8-10-15)19(20,21)22/h7-10,16-17,24H,2-6,11-13,23H2,1H3/t16-,17-,18?/m1/s1. The van der Waals surface area contributed by atoms with Gasteiger partial charge in [0.05, 0.1) is 5.56 Å². The van der Waals surface area contributed by atoms with E-state index in [1.54, 1.807) is 12.1 Å². The van der Waals surface area contributed by atoms with Gasteiger partial charge in [-0.15, -0.1) is 0 Å². The number of halogens is 3. The zero-order valence-electron chi connectivity index (χ0n) is 14.8. The molecule has 140 valence electrons. The summed E-state index contributed by atoms with van der Waals surface area (Å²) in [7, 11) is 0. The number of nitrogens with one attached hydrogen (secondary N) is 1. The van der Waals surface area contributed by atoms with Gasteiger partial charge in [-0.05, 0) is 56.9 Å². The Morgan fingerprint density at radius 2 is 1.80 bits per heavy atom. The highest BCUT2D eigenvalue weighted by atomic mass is 19.4. The highest BCUT2D eigenvalue weighted by Gasteiger charge is 2.35. The maximum Gasteiger partial charge on any atom is 0.416 e. The predicted molar refractivity (Wildman–Crippen MR) is 94.7 cm³/mol. The van der Waals surface area contributed by atoms with Crippen LogP contribution in [0.25, 0.3) is 0 Å². The van der Waals surface area contributed by atoms with Crippen LogP contribution in [0.15, 0.2) is 24.3 Å². The molecule has 1 aromatic rings. The number of hydrogen-bond donors (Lipinski definition) is 2. The molecule has 0 amide bonds. The fourth-order valence-electron chi connectivity index (χ4n) is 4.23. The van der Waals surface area contributed by atoms with Crippen molar-refractivity contribution in [1.29, 1.82) is 0 Å². The summed E-state index contributed by atoms with van der Waals surface area (Å²) in [5.41, 5.74) is 6.48. The van der Waals surface area contributed by atoms with E-state index in [0.29, 0.717) is 6.04 Å². The van der Waals surface area contributed by atoms with Gasteiger partial charge in [-0.2, -0.15) is 13.2 Å². The van der Waals surface area contributed by atoms with Gasteiger partial charge in [-0.25, -0.2) is 0 Å². The first kappa shape index (κ1) is 18.5. The van der Waals surface area contributed by atoms with Gasteiger partial charge < -0.3 is 16.0 Å². The van der Waals surface area contributed by atoms with Gasteiger partial charge in [-0.1, -0.05) is 12.8 Å². The first-order valence-corrected chi connectivity index (χ1v) is 9.22. The number of nitrogens with zero attached hydrogens (tertiary/aromatic N) is 1. The Balaban J connectivity index is 1.67. The lowest BCUT2D eigenvalue weighted by atomic mass is 9.85. The minimum absolute atomic E-state index is 0.0550. The molecule has 1 aliphatic heterocycles. The van der Waals surface area contributed by atoms with E-state index in [9.17, 15) is 13.2 Å². The van der Waals surface area contributed by atoms with Crippen molar-refractivity contribution < 1.29 is 13.2 Å². The minimum Gasteiger partial charge on any atom is -0.370 e. The maximum atomic E-state index is 12.7. The molecule has 25 heavy (non-hydrogen) atoms. The van der Waals surface area contributed by atoms with Crippen LogP contribution in [0.3, 0.4) is 0 Å². The van der Waals surface area contributed by atoms with E-state index in [1.807, 2.05) is 0 Å². The average Bonchev–Trinajstić information content (AvgIpc) is 2.56. The molecule has 0 radical (unpaired) electrons. The molecule has 6 heteroatoms. The highest BCUT2D eigenvalue weighted by molar-refractivity contribution is 5.49. The lowest BCUT2D eigenvalue weighted by molar-refractivity contribution is -0.137. The lowest BCUT2D eigenvalue weighted by Gasteiger charge is -2.46. The highest BCUT2D eigenvalue weighted by Crippen LogP contribution is 2.32. The van der Waals surface area contributed by atoms with Crippen LogP contribution in [0.2, 0.25) is 0 Å². The number of piperidine rings is 1. The summed E-state index contributed by atoms with van der Waals surface area (Å²) in [5.74, 6) is 0. The fraction of sp³-hybridized carbons (Fsp3) is 0.684. The molecule has 0 spiro atoms. The molecule has 1 heterocycles. The molecule has 1 saturated carbocycles. The molecule has 2 fully saturated rings. The van der Waals surface area contributed by atoms with Crippen LogP contribution in [-0.4, -0.2) is 30.7 Å². The quantitative estimate of drug-likeness (QED) is 0.863. The fourth-order valence-corrected chi connectivity index (χ4v) is 4.23. The van der Waals surface area contributed by atoms with Crippen molar-refractivity contribution >= 4 is 5.69 Å². The summed E-state index contributed by atoms with van der Waals surface area (Å²) >= 11 is 0. The van der Waals surface area contributed by atoms with Gasteiger partial charge in [0.2, 0.25) is 0 Å². The van der Waals surface area contributed by atoms with E-state index in [-0.39, 0.29) is 11.6 Å². The summed E-state index contributed by atoms with van der Waals surface area (Å²) in [5, 5.41) is 3.77. The zero-order valence-corrected chi connectivity index (χ0v) is 14.8. The second kappa shape index (κ2) is 7.16. The molecule has 1 unspecified atom stereocenters. The largest absolute Gasteiger partial charge is 0.416 e. The van der Waals surface area contributed by atoms with E-state index < -0.39 is 11.7 Å². The van der Waals surface area contributed by atoms with Crippen LogP contribution in [0.4, 0.5) is 18.9 Å². The van der Waals surface area contributed by atoms with E-state index in [0.717, 1.165) is 44.5 Å². The van der Waals surface area contributed by atoms with Crippen LogP contribution in [0.5, 0.6) is 0 Å². The van der Waals surface area contributed by atoms with Crippen molar-refractivity contribution in [3.63, 3.8) is 0 Å². The molecule has 1 aliphatic carbocycles. The van der Waals surface area contributed by atoms with Gasteiger partial charge in [0.15, 0.2) is 0 Å². The van der Waals surface area contributed by atoms with Crippen LogP contribution in [-0.2, 0) is 6.18 Å². The SMILES string of the molecule is CC1(N[C@@H]2CCCC[C@H]2N)CCCN(c2ccc(C(F)(F)F)cc2)C1. The molecule has 0 aromatic heterocycles. The maximum absolute atomic E-state index is 12.7. The molecule has 2 aliphatic rings. The summed E-state index contributed by atoms with van der Waals surface area (Å²) in [4.78, 5) is 2.19. The smallest absolute Gasteiger partial charge is 0.370 e. The number of anilines is 1. The van der Waals surface area contributed by atoms with Crippen LogP contribution in [0.1, 0.15) is 51.0 Å². The molecule has 3 atom stereocenters. The summed E-state index contributed by atoms with van der Waals surface area (Å²) in [6.07, 6.45) is 2.39. The van der Waals surface area contributed by atoms with Crippen LogP contribution < -0.4 is 16.0 Å². The van der Waals surface area contributed by atoms with Crippen molar-refractivity contribution in [2.75, 3.05) is 18.0 Å². The number of benzene rings is 1. The minimum atomic E-state index is -4.28. The Morgan fingerprint density at radius 1 is 1.12 bits per heavy atom. The van der Waals surface area contributed by atoms with E-state index >= 15 is 0 Å². The second-order valence-corrected chi connectivity index (χ2v) is 7.83. The van der Waals surface area contributed by atoms with Gasteiger partial charge in [-0.3, -0.25) is 0 Å². The summed E-state index contributed by atoms with van der Waals surface area (Å²) in [6, 6.07) is 6.05. The number of hydrogen-bond acceptors (Lipinski definition) is 3. The Hall–Kier alpha value is -1.27. The third kappa shape index (κ3) is 4.47. The third-order valence-electron chi connectivity index (χ3n) is 5.61. The molecule has 1 saturated heterocycles. The Kier molecular flexibility index (Phi) is 5.30. The van der Waals surface area contributed by atoms with Crippen molar-refractivity contribution in [3.05, 3.63) is 29.8 Å². The Morgan fingerprint density at radius 3 is 2.44 bits per heavy atom. The lowest BCUT2D eigenvalue weighted by Crippen LogP contribution is -2.62. The first-order chi connectivity index (χ1) is 11.8. The van der Waals surface area contributed by atoms with E-state index in [4.69, 9.17) is 5.73 Å². The van der Waals surface area contributed by atoms with Crippen LogP contribution >= 0.6 is 0 Å². The summed E-state index contributed by atoms with van der Waals surface area (Å²) in [6.45, 7) is 3.88. The van der Waals surface area contributed by atoms with Gasteiger partial charge in [0, 0.05) is 36.4 Å². The van der Waals surface area contributed by atoms with Gasteiger partial charge >= 0.3 is 6.18 Å². The predicted octanol–water partition coefficient (Wildman–Crippen LogP) is 3.92. The number of nitrogens with two attached hydrogens (primary N) is 1. The molecule has 3 N–H and O–H groups in total. The van der Waals surface area contributed by atoms with Gasteiger partial charge in [0.25, 0.3) is 0 Å². The van der Waals surface area contributed by atoms with E-state index in [1.165, 1.54) is 25.0 Å². The average molecular weight is 355 g/mol. The second-order valence-electron chi connectivity index (χ2n) is 7.83. The van der Waals surface area contributed by atoms with Gasteiger partial charge in [0.1, 0.15) is 0 Å². The first-order valence-electron chi connectivity index (χ1n) is 9.22. The number of alkyl halides is 3. The third-order valence-corrected chi connectivity index (χ3v) is 5.61. The van der Waals surface area contributed by atoms with E-state index in [2.05, 4.69) is 17.1 Å². The monoisotopic (exact) mass is 355 g/mol. The zero-order chi connectivity index (χ0) is 18.1. The molecule has 1 aromatic carbocycles. The Bertz CT molecular complexity index is 572. The molecule has 3 rings (SSSR count). The van der Waals surface area contributed by atoms with Crippen molar-refractivity contribution in [1.82, 2.24) is 5.32 Å². The summed E-state index contributed by atoms with van der Waals surface area (Å²) < 4.78 is 38.2. The molecular formula is C19H28F3N3. The van der Waals surface area contributed by atoms with Crippen molar-refractivity contribution in [3.8, 4) is 0 Å². The van der Waals surface area contributed by atoms with Crippen molar-refractivity contribution in [2.24, 2.45) is 5.73 Å². The normalized spacial score (nSPS) is 31.2. The number of rotatable bonds is 3. The topological polar surface area (TPSA) is 41.3 Å². The molecule has 3 nitrogen and oxygen atoms in total. The molecule has 0 bridgehead atoms.